The van der Waals surface area contributed by atoms with Gasteiger partial charge in [0, 0.05) is 29.7 Å². The number of carbonyl (C=O) groups is 3. The lowest BCUT2D eigenvalue weighted by Gasteiger charge is -2.07. The number of rotatable bonds is 8. The lowest BCUT2D eigenvalue weighted by atomic mass is 10.1. The van der Waals surface area contributed by atoms with Gasteiger partial charge in [-0.15, -0.1) is 0 Å². The molecule has 0 saturated heterocycles. The van der Waals surface area contributed by atoms with E-state index in [4.69, 9.17) is 10.5 Å². The van der Waals surface area contributed by atoms with Gasteiger partial charge in [0.15, 0.2) is 5.78 Å². The van der Waals surface area contributed by atoms with Gasteiger partial charge in [-0.3, -0.25) is 14.4 Å². The third-order valence-electron chi connectivity index (χ3n) is 3.50. The van der Waals surface area contributed by atoms with Crippen LogP contribution in [0.25, 0.3) is 0 Å². The van der Waals surface area contributed by atoms with Crippen molar-refractivity contribution in [2.75, 3.05) is 11.9 Å². The standard InChI is InChI=1S/C19H20N2O4/c1-2-25-16-8-6-13(7-9-16)17(22)10-11-18(23)21-15-5-3-4-14(12-15)19(20)24/h3-9,12H,2,10-11H2,1H3,(H2,20,24)(H,21,23). The van der Waals surface area contributed by atoms with Gasteiger partial charge in [0.2, 0.25) is 11.8 Å². The predicted molar refractivity (Wildman–Crippen MR) is 94.8 cm³/mol. The van der Waals surface area contributed by atoms with E-state index in [2.05, 4.69) is 5.32 Å². The topological polar surface area (TPSA) is 98.5 Å². The summed E-state index contributed by atoms with van der Waals surface area (Å²) in [5.41, 5.74) is 6.51. The van der Waals surface area contributed by atoms with Crippen LogP contribution in [0.5, 0.6) is 5.75 Å². The minimum Gasteiger partial charge on any atom is -0.494 e. The van der Waals surface area contributed by atoms with Crippen LogP contribution in [-0.4, -0.2) is 24.2 Å². The number of ketones is 1. The molecule has 0 fully saturated rings. The van der Waals surface area contributed by atoms with Crippen LogP contribution >= 0.6 is 0 Å². The van der Waals surface area contributed by atoms with Crippen LogP contribution in [0.4, 0.5) is 5.69 Å². The maximum atomic E-state index is 12.1. The maximum absolute atomic E-state index is 12.1. The zero-order valence-corrected chi connectivity index (χ0v) is 14.0. The molecule has 2 rings (SSSR count). The molecule has 0 aliphatic rings. The molecule has 0 aromatic heterocycles. The number of Topliss-reactive ketones (excluding diaryl/α,β-unsaturated/α-hetero) is 1. The van der Waals surface area contributed by atoms with Crippen LogP contribution < -0.4 is 15.8 Å². The number of carbonyl (C=O) groups excluding carboxylic acids is 3. The van der Waals surface area contributed by atoms with E-state index < -0.39 is 5.91 Å². The Labute approximate surface area is 146 Å². The number of nitrogens with one attached hydrogen (secondary N) is 1. The van der Waals surface area contributed by atoms with E-state index in [-0.39, 0.29) is 24.5 Å². The lowest BCUT2D eigenvalue weighted by Crippen LogP contribution is -2.15. The van der Waals surface area contributed by atoms with Gasteiger partial charge in [0.05, 0.1) is 6.61 Å². The van der Waals surface area contributed by atoms with Crippen molar-refractivity contribution in [1.29, 1.82) is 0 Å². The first-order valence-electron chi connectivity index (χ1n) is 7.95. The molecule has 0 unspecified atom stereocenters. The summed E-state index contributed by atoms with van der Waals surface area (Å²) in [5.74, 6) is -0.294. The van der Waals surface area contributed by atoms with Crippen LogP contribution in [0.3, 0.4) is 0 Å². The highest BCUT2D eigenvalue weighted by molar-refractivity contribution is 6.00. The van der Waals surface area contributed by atoms with Gasteiger partial charge in [-0.05, 0) is 49.4 Å². The first-order valence-corrected chi connectivity index (χ1v) is 7.95. The highest BCUT2D eigenvalue weighted by Crippen LogP contribution is 2.15. The van der Waals surface area contributed by atoms with E-state index in [1.54, 1.807) is 42.5 Å². The van der Waals surface area contributed by atoms with Crippen molar-refractivity contribution >= 4 is 23.3 Å². The minimum absolute atomic E-state index is 0.0485. The number of hydrogen-bond acceptors (Lipinski definition) is 4. The normalized spacial score (nSPS) is 10.1. The lowest BCUT2D eigenvalue weighted by molar-refractivity contribution is -0.116. The molecule has 6 heteroatoms. The second kappa shape index (κ2) is 8.63. The van der Waals surface area contributed by atoms with Gasteiger partial charge in [-0.25, -0.2) is 0 Å². The molecule has 6 nitrogen and oxygen atoms in total. The molecule has 2 aromatic carbocycles. The molecule has 0 radical (unpaired) electrons. The molecule has 0 spiro atoms. The predicted octanol–water partition coefficient (Wildman–Crippen LogP) is 2.79. The number of amides is 2. The molecule has 25 heavy (non-hydrogen) atoms. The zero-order valence-electron chi connectivity index (χ0n) is 14.0. The molecule has 3 N–H and O–H groups in total. The minimum atomic E-state index is -0.568. The quantitative estimate of drug-likeness (QED) is 0.722. The smallest absolute Gasteiger partial charge is 0.248 e. The van der Waals surface area contributed by atoms with Crippen molar-refractivity contribution in [2.45, 2.75) is 19.8 Å². The summed E-state index contributed by atoms with van der Waals surface area (Å²) < 4.78 is 5.32. The molecule has 2 aromatic rings. The van der Waals surface area contributed by atoms with Gasteiger partial charge in [0.25, 0.3) is 0 Å². The number of nitrogens with two attached hydrogens (primary N) is 1. The van der Waals surface area contributed by atoms with E-state index in [0.717, 1.165) is 0 Å². The summed E-state index contributed by atoms with van der Waals surface area (Å²) in [4.78, 5) is 35.2. The van der Waals surface area contributed by atoms with Gasteiger partial charge in [-0.1, -0.05) is 6.07 Å². The second-order valence-electron chi connectivity index (χ2n) is 5.37. The molecule has 0 atom stereocenters. The fraction of sp³-hybridized carbons (Fsp3) is 0.211. The van der Waals surface area contributed by atoms with Gasteiger partial charge in [0.1, 0.15) is 5.75 Å². The average Bonchev–Trinajstić information content (AvgIpc) is 2.61. The van der Waals surface area contributed by atoms with Crippen molar-refractivity contribution in [3.63, 3.8) is 0 Å². The molecular formula is C19H20N2O4. The zero-order chi connectivity index (χ0) is 18.2. The van der Waals surface area contributed by atoms with E-state index in [9.17, 15) is 14.4 Å². The van der Waals surface area contributed by atoms with Crippen molar-refractivity contribution < 1.29 is 19.1 Å². The van der Waals surface area contributed by atoms with Gasteiger partial charge < -0.3 is 15.8 Å². The molecule has 0 aliphatic carbocycles. The Morgan fingerprint density at radius 1 is 1.00 bits per heavy atom. The van der Waals surface area contributed by atoms with Crippen molar-refractivity contribution in [3.05, 3.63) is 59.7 Å². The number of ether oxygens (including phenoxy) is 1. The van der Waals surface area contributed by atoms with Crippen LogP contribution in [-0.2, 0) is 4.79 Å². The number of benzene rings is 2. The molecule has 2 amide bonds. The molecule has 0 bridgehead atoms. The van der Waals surface area contributed by atoms with Gasteiger partial charge >= 0.3 is 0 Å². The van der Waals surface area contributed by atoms with Crippen molar-refractivity contribution in [3.8, 4) is 5.75 Å². The summed E-state index contributed by atoms with van der Waals surface area (Å²) in [5, 5.41) is 2.65. The third kappa shape index (κ3) is 5.46. The SMILES string of the molecule is CCOc1ccc(C(=O)CCC(=O)Nc2cccc(C(N)=O)c2)cc1. The van der Waals surface area contributed by atoms with Crippen molar-refractivity contribution in [2.24, 2.45) is 5.73 Å². The number of anilines is 1. The third-order valence-corrected chi connectivity index (χ3v) is 3.50. The van der Waals surface area contributed by atoms with Crippen LogP contribution in [0.15, 0.2) is 48.5 Å². The Kier molecular flexibility index (Phi) is 6.28. The summed E-state index contributed by atoms with van der Waals surface area (Å²) in [6.45, 7) is 2.45. The first-order chi connectivity index (χ1) is 12.0. The fourth-order valence-electron chi connectivity index (χ4n) is 2.25. The van der Waals surface area contributed by atoms with E-state index in [0.29, 0.717) is 29.2 Å². The Balaban J connectivity index is 1.87. The van der Waals surface area contributed by atoms with Crippen LogP contribution in [0.1, 0.15) is 40.5 Å². The van der Waals surface area contributed by atoms with E-state index in [1.807, 2.05) is 6.92 Å². The Morgan fingerprint density at radius 2 is 1.72 bits per heavy atom. The number of primary amides is 1. The second-order valence-corrected chi connectivity index (χ2v) is 5.37. The van der Waals surface area contributed by atoms with E-state index >= 15 is 0 Å². The average molecular weight is 340 g/mol. The maximum Gasteiger partial charge on any atom is 0.248 e. The summed E-state index contributed by atoms with van der Waals surface area (Å²) in [7, 11) is 0. The highest BCUT2D eigenvalue weighted by Gasteiger charge is 2.10. The van der Waals surface area contributed by atoms with Gasteiger partial charge in [-0.2, -0.15) is 0 Å². The first kappa shape index (κ1) is 18.2. The number of hydrogen-bond donors (Lipinski definition) is 2. The molecule has 130 valence electrons. The van der Waals surface area contributed by atoms with E-state index in [1.165, 1.54) is 6.07 Å². The highest BCUT2D eigenvalue weighted by atomic mass is 16.5. The van der Waals surface area contributed by atoms with Crippen LogP contribution in [0.2, 0.25) is 0 Å². The monoisotopic (exact) mass is 340 g/mol. The Morgan fingerprint density at radius 3 is 2.36 bits per heavy atom. The Bertz CT molecular complexity index is 769. The van der Waals surface area contributed by atoms with Crippen molar-refractivity contribution in [1.82, 2.24) is 0 Å². The molecular weight excluding hydrogens is 320 g/mol. The Hall–Kier alpha value is -3.15. The molecule has 0 saturated carbocycles. The summed E-state index contributed by atoms with van der Waals surface area (Å²) in [6, 6.07) is 13.2. The summed E-state index contributed by atoms with van der Waals surface area (Å²) in [6.07, 6.45) is 0.141. The molecule has 0 heterocycles. The molecule has 0 aliphatic heterocycles. The van der Waals surface area contributed by atoms with Crippen LogP contribution in [0, 0.1) is 0 Å². The largest absolute Gasteiger partial charge is 0.494 e. The fourth-order valence-corrected chi connectivity index (χ4v) is 2.25. The summed E-state index contributed by atoms with van der Waals surface area (Å²) >= 11 is 0.